The van der Waals surface area contributed by atoms with Crippen LogP contribution in [0, 0.1) is 0 Å². The van der Waals surface area contributed by atoms with Crippen LogP contribution < -0.4 is 15.4 Å². The lowest BCUT2D eigenvalue weighted by atomic mass is 10.0. The number of carbonyl (C=O) groups is 1. The third kappa shape index (κ3) is 2.32. The predicted octanol–water partition coefficient (Wildman–Crippen LogP) is 2.21. The number of hydrogen-bond acceptors (Lipinski definition) is 3. The van der Waals surface area contributed by atoms with E-state index in [0.29, 0.717) is 0 Å². The maximum atomic E-state index is 11.7. The molecule has 3 rings (SSSR count). The van der Waals surface area contributed by atoms with Crippen LogP contribution in [0.5, 0.6) is 5.75 Å². The molecule has 2 aromatic carbocycles. The minimum atomic E-state index is -0.0258. The summed E-state index contributed by atoms with van der Waals surface area (Å²) in [5, 5.41) is 0. The van der Waals surface area contributed by atoms with Crippen LogP contribution in [-0.2, 0) is 11.2 Å². The lowest BCUT2D eigenvalue weighted by Gasteiger charge is -2.26. The molecule has 0 spiro atoms. The molecule has 0 saturated heterocycles. The number of ether oxygens (including phenoxy) is 1. The second kappa shape index (κ2) is 4.89. The fourth-order valence-electron chi connectivity index (χ4n) is 2.30. The first-order valence-electron chi connectivity index (χ1n) is 6.50. The van der Waals surface area contributed by atoms with Crippen LogP contribution >= 0.6 is 0 Å². The van der Waals surface area contributed by atoms with E-state index >= 15 is 0 Å². The third-order valence-electron chi connectivity index (χ3n) is 3.50. The van der Waals surface area contributed by atoms with Crippen molar-refractivity contribution < 1.29 is 9.53 Å². The third-order valence-corrected chi connectivity index (χ3v) is 3.50. The van der Waals surface area contributed by atoms with Gasteiger partial charge in [0.1, 0.15) is 5.75 Å². The molecule has 0 unspecified atom stereocenters. The van der Waals surface area contributed by atoms with E-state index in [2.05, 4.69) is 0 Å². The standard InChI is InChI=1S/C16H16N2O2/c1-18-14-9-12(4-7-15(14)20-10-16(18)19)8-11-2-5-13(17)6-3-11/h2-7,9H,8,10,17H2,1H3. The van der Waals surface area contributed by atoms with Crippen molar-refractivity contribution >= 4 is 17.3 Å². The van der Waals surface area contributed by atoms with Gasteiger partial charge in [0, 0.05) is 12.7 Å². The molecule has 4 heteroatoms. The highest BCUT2D eigenvalue weighted by Gasteiger charge is 2.22. The van der Waals surface area contributed by atoms with E-state index in [9.17, 15) is 4.79 Å². The maximum absolute atomic E-state index is 11.7. The number of nitrogens with two attached hydrogens (primary N) is 1. The molecular weight excluding hydrogens is 252 g/mol. The van der Waals surface area contributed by atoms with E-state index in [-0.39, 0.29) is 12.5 Å². The number of hydrogen-bond donors (Lipinski definition) is 1. The molecule has 0 radical (unpaired) electrons. The molecule has 4 nitrogen and oxygen atoms in total. The number of anilines is 2. The highest BCUT2D eigenvalue weighted by Crippen LogP contribution is 2.32. The second-order valence-electron chi connectivity index (χ2n) is 4.96. The molecule has 0 fully saturated rings. The first-order valence-corrected chi connectivity index (χ1v) is 6.50. The Labute approximate surface area is 117 Å². The molecule has 1 amide bonds. The van der Waals surface area contributed by atoms with Gasteiger partial charge in [-0.2, -0.15) is 0 Å². The lowest BCUT2D eigenvalue weighted by molar-refractivity contribution is -0.120. The summed E-state index contributed by atoms with van der Waals surface area (Å²) in [6.07, 6.45) is 0.801. The Hall–Kier alpha value is -2.49. The van der Waals surface area contributed by atoms with Crippen LogP contribution in [0.3, 0.4) is 0 Å². The molecule has 2 aromatic rings. The van der Waals surface area contributed by atoms with Gasteiger partial charge >= 0.3 is 0 Å². The van der Waals surface area contributed by atoms with E-state index in [1.54, 1.807) is 11.9 Å². The molecule has 2 N–H and O–H groups in total. The number of amides is 1. The van der Waals surface area contributed by atoms with Gasteiger partial charge in [0.25, 0.3) is 5.91 Å². The van der Waals surface area contributed by atoms with Gasteiger partial charge in [0.15, 0.2) is 6.61 Å². The topological polar surface area (TPSA) is 55.6 Å². The predicted molar refractivity (Wildman–Crippen MR) is 79.0 cm³/mol. The summed E-state index contributed by atoms with van der Waals surface area (Å²) in [5.74, 6) is 0.732. The molecule has 0 saturated carbocycles. The van der Waals surface area contributed by atoms with Crippen LogP contribution in [0.25, 0.3) is 0 Å². The summed E-state index contributed by atoms with van der Waals surface area (Å²) in [6, 6.07) is 13.8. The quantitative estimate of drug-likeness (QED) is 0.850. The Balaban J connectivity index is 1.88. The maximum Gasteiger partial charge on any atom is 0.264 e. The van der Waals surface area contributed by atoms with Crippen molar-refractivity contribution in [1.82, 2.24) is 0 Å². The number of carbonyl (C=O) groups excluding carboxylic acids is 1. The summed E-state index contributed by atoms with van der Waals surface area (Å²) >= 11 is 0. The molecule has 0 aliphatic carbocycles. The zero-order valence-corrected chi connectivity index (χ0v) is 11.3. The molecule has 1 heterocycles. The van der Waals surface area contributed by atoms with Gasteiger partial charge in [0.2, 0.25) is 0 Å². The monoisotopic (exact) mass is 268 g/mol. The largest absolute Gasteiger partial charge is 0.482 e. The number of nitrogens with zero attached hydrogens (tertiary/aromatic N) is 1. The summed E-state index contributed by atoms with van der Waals surface area (Å²) in [6.45, 7) is 0.112. The number of rotatable bonds is 2. The minimum Gasteiger partial charge on any atom is -0.482 e. The molecule has 0 atom stereocenters. The fraction of sp³-hybridized carbons (Fsp3) is 0.188. The molecule has 20 heavy (non-hydrogen) atoms. The highest BCUT2D eigenvalue weighted by atomic mass is 16.5. The first kappa shape index (κ1) is 12.5. The average Bonchev–Trinajstić information content (AvgIpc) is 2.46. The number of likely N-dealkylation sites (N-methyl/N-ethyl adjacent to an activating group) is 1. The molecule has 102 valence electrons. The Kier molecular flexibility index (Phi) is 3.06. The number of fused-ring (bicyclic) bond motifs is 1. The van der Waals surface area contributed by atoms with Crippen LogP contribution in [0.4, 0.5) is 11.4 Å². The van der Waals surface area contributed by atoms with Crippen LogP contribution in [-0.4, -0.2) is 19.6 Å². The van der Waals surface area contributed by atoms with Crippen LogP contribution in [0.15, 0.2) is 42.5 Å². The zero-order valence-electron chi connectivity index (χ0n) is 11.3. The van der Waals surface area contributed by atoms with Crippen molar-refractivity contribution in [3.63, 3.8) is 0 Å². The van der Waals surface area contributed by atoms with Crippen LogP contribution in [0.1, 0.15) is 11.1 Å². The van der Waals surface area contributed by atoms with E-state index in [1.807, 2.05) is 42.5 Å². The summed E-state index contributed by atoms with van der Waals surface area (Å²) < 4.78 is 5.42. The lowest BCUT2D eigenvalue weighted by Crippen LogP contribution is -2.35. The Morgan fingerprint density at radius 1 is 1.15 bits per heavy atom. The zero-order chi connectivity index (χ0) is 14.1. The molecular formula is C16H16N2O2. The minimum absolute atomic E-state index is 0.0258. The van der Waals surface area contributed by atoms with Gasteiger partial charge in [-0.1, -0.05) is 18.2 Å². The normalized spacial score (nSPS) is 13.8. The van der Waals surface area contributed by atoms with Crippen molar-refractivity contribution in [3.05, 3.63) is 53.6 Å². The second-order valence-corrected chi connectivity index (χ2v) is 4.96. The van der Waals surface area contributed by atoms with Gasteiger partial charge in [-0.3, -0.25) is 4.79 Å². The molecule has 0 bridgehead atoms. The van der Waals surface area contributed by atoms with Gasteiger partial charge in [-0.05, 0) is 41.8 Å². The van der Waals surface area contributed by atoms with Crippen molar-refractivity contribution in [1.29, 1.82) is 0 Å². The molecule has 1 aliphatic heterocycles. The number of nitrogen functional groups attached to an aromatic ring is 1. The van der Waals surface area contributed by atoms with E-state index < -0.39 is 0 Å². The summed E-state index contributed by atoms with van der Waals surface area (Å²) in [4.78, 5) is 13.3. The van der Waals surface area contributed by atoms with Gasteiger partial charge in [0.05, 0.1) is 5.69 Å². The van der Waals surface area contributed by atoms with Gasteiger partial charge < -0.3 is 15.4 Å². The summed E-state index contributed by atoms with van der Waals surface area (Å²) in [5.41, 5.74) is 9.60. The molecule has 0 aromatic heterocycles. The van der Waals surface area contributed by atoms with E-state index in [4.69, 9.17) is 10.5 Å². The molecule has 1 aliphatic rings. The van der Waals surface area contributed by atoms with E-state index in [0.717, 1.165) is 29.1 Å². The Morgan fingerprint density at radius 2 is 1.85 bits per heavy atom. The van der Waals surface area contributed by atoms with Crippen molar-refractivity contribution in [2.24, 2.45) is 0 Å². The first-order chi connectivity index (χ1) is 9.63. The van der Waals surface area contributed by atoms with Crippen molar-refractivity contribution in [2.45, 2.75) is 6.42 Å². The average molecular weight is 268 g/mol. The van der Waals surface area contributed by atoms with Crippen molar-refractivity contribution in [3.8, 4) is 5.75 Å². The Bertz CT molecular complexity index is 650. The van der Waals surface area contributed by atoms with Gasteiger partial charge in [-0.15, -0.1) is 0 Å². The van der Waals surface area contributed by atoms with E-state index in [1.165, 1.54) is 5.56 Å². The SMILES string of the molecule is CN1C(=O)COc2ccc(Cc3ccc(N)cc3)cc21. The smallest absolute Gasteiger partial charge is 0.264 e. The fourth-order valence-corrected chi connectivity index (χ4v) is 2.30. The van der Waals surface area contributed by atoms with Crippen molar-refractivity contribution in [2.75, 3.05) is 24.3 Å². The summed E-state index contributed by atoms with van der Waals surface area (Å²) in [7, 11) is 1.77. The van der Waals surface area contributed by atoms with Crippen LogP contribution in [0.2, 0.25) is 0 Å². The van der Waals surface area contributed by atoms with Gasteiger partial charge in [-0.25, -0.2) is 0 Å². The highest BCUT2D eigenvalue weighted by molar-refractivity contribution is 5.97. The number of benzene rings is 2. The Morgan fingerprint density at radius 3 is 2.60 bits per heavy atom.